The van der Waals surface area contributed by atoms with Crippen LogP contribution in [0.25, 0.3) is 0 Å². The van der Waals surface area contributed by atoms with Crippen LogP contribution < -0.4 is 20.7 Å². The third-order valence-electron chi connectivity index (χ3n) is 5.24. The highest BCUT2D eigenvalue weighted by Crippen LogP contribution is 2.19. The second-order valence-electron chi connectivity index (χ2n) is 8.41. The van der Waals surface area contributed by atoms with Crippen LogP contribution in [0.4, 0.5) is 0 Å². The lowest BCUT2D eigenvalue weighted by Crippen LogP contribution is -2.58. The van der Waals surface area contributed by atoms with E-state index in [1.54, 1.807) is 18.2 Å². The van der Waals surface area contributed by atoms with Crippen LogP contribution in [0.15, 0.2) is 54.6 Å². The fourth-order valence-electron chi connectivity index (χ4n) is 3.46. The molecule has 0 bridgehead atoms. The molecule has 1 heterocycles. The summed E-state index contributed by atoms with van der Waals surface area (Å²) in [5.41, 5.74) is -0.211. The van der Waals surface area contributed by atoms with Crippen molar-refractivity contribution in [1.82, 2.24) is 16.0 Å². The molecule has 0 fully saturated rings. The zero-order valence-electron chi connectivity index (χ0n) is 18.5. The Morgan fingerprint density at radius 1 is 1.03 bits per heavy atom. The number of benzene rings is 2. The Bertz CT molecular complexity index is 1040. The van der Waals surface area contributed by atoms with E-state index in [1.807, 2.05) is 30.3 Å². The van der Waals surface area contributed by atoms with Gasteiger partial charge in [-0.05, 0) is 38.0 Å². The smallest absolute Gasteiger partial charge is 0.326 e. The summed E-state index contributed by atoms with van der Waals surface area (Å²) in [6, 6.07) is 14.0. The average molecular weight is 453 g/mol. The standard InChI is InChI=1S/C24H27N3O6/c1-24(2)23(32)25-16(12-15-8-4-3-5-9-15)14-33-19-11-7-6-10-17(19)21(29)26-18(22(30)31)13-20(28)27-24/h3-11,16,18H,12-14H2,1-2H3,(H,25,32)(H,26,29)(H,27,28)(H,30,31)/t16-,18+/m1/s1. The molecule has 0 radical (unpaired) electrons. The third-order valence-corrected chi connectivity index (χ3v) is 5.24. The molecule has 174 valence electrons. The van der Waals surface area contributed by atoms with E-state index in [0.717, 1.165) is 5.56 Å². The molecule has 1 aliphatic heterocycles. The maximum absolute atomic E-state index is 13.0. The Kier molecular flexibility index (Phi) is 7.32. The predicted octanol–water partition coefficient (Wildman–Crippen LogP) is 1.27. The van der Waals surface area contributed by atoms with Gasteiger partial charge >= 0.3 is 5.97 Å². The number of rotatable bonds is 3. The lowest BCUT2D eigenvalue weighted by atomic mass is 10.0. The third kappa shape index (κ3) is 6.31. The predicted molar refractivity (Wildman–Crippen MR) is 120 cm³/mol. The largest absolute Gasteiger partial charge is 0.491 e. The number of amides is 3. The molecular formula is C24H27N3O6. The van der Waals surface area contributed by atoms with Crippen molar-refractivity contribution >= 4 is 23.7 Å². The first-order chi connectivity index (χ1) is 15.7. The van der Waals surface area contributed by atoms with Crippen LogP contribution in [0.1, 0.15) is 36.2 Å². The van der Waals surface area contributed by atoms with Crippen molar-refractivity contribution in [3.63, 3.8) is 0 Å². The van der Waals surface area contributed by atoms with Gasteiger partial charge in [-0.15, -0.1) is 0 Å². The number of aliphatic carboxylic acids is 1. The van der Waals surface area contributed by atoms with E-state index in [4.69, 9.17) is 4.74 Å². The minimum atomic E-state index is -1.47. The summed E-state index contributed by atoms with van der Waals surface area (Å²) in [5.74, 6) is -2.92. The van der Waals surface area contributed by atoms with Gasteiger partial charge in [0.15, 0.2) is 0 Å². The van der Waals surface area contributed by atoms with E-state index in [9.17, 15) is 24.3 Å². The highest BCUT2D eigenvalue weighted by molar-refractivity contribution is 6.00. The van der Waals surface area contributed by atoms with Crippen LogP contribution in [0.2, 0.25) is 0 Å². The molecular weight excluding hydrogens is 426 g/mol. The summed E-state index contributed by atoms with van der Waals surface area (Å²) in [6.45, 7) is 3.10. The molecule has 33 heavy (non-hydrogen) atoms. The van der Waals surface area contributed by atoms with Gasteiger partial charge in [0.05, 0.1) is 18.0 Å². The number of carboxylic acid groups (broad SMARTS) is 1. The summed E-state index contributed by atoms with van der Waals surface area (Å²) in [7, 11) is 0. The topological polar surface area (TPSA) is 134 Å². The number of fused-ring (bicyclic) bond motifs is 1. The number of ether oxygens (including phenoxy) is 1. The molecule has 2 aromatic carbocycles. The van der Waals surface area contributed by atoms with Crippen molar-refractivity contribution in [3.05, 3.63) is 65.7 Å². The highest BCUT2D eigenvalue weighted by Gasteiger charge is 2.34. The second-order valence-corrected chi connectivity index (χ2v) is 8.41. The number of hydrogen-bond donors (Lipinski definition) is 4. The first kappa shape index (κ1) is 23.8. The van der Waals surface area contributed by atoms with Gasteiger partial charge in [0.1, 0.15) is 23.9 Å². The van der Waals surface area contributed by atoms with Gasteiger partial charge in [-0.2, -0.15) is 0 Å². The van der Waals surface area contributed by atoms with Crippen LogP contribution in [0, 0.1) is 0 Å². The number of carbonyl (C=O) groups is 4. The summed E-state index contributed by atoms with van der Waals surface area (Å²) >= 11 is 0. The van der Waals surface area contributed by atoms with Crippen molar-refractivity contribution in [3.8, 4) is 5.75 Å². The normalized spacial score (nSPS) is 21.3. The zero-order chi connectivity index (χ0) is 24.0. The molecule has 0 spiro atoms. The maximum atomic E-state index is 13.0. The van der Waals surface area contributed by atoms with E-state index in [-0.39, 0.29) is 17.9 Å². The van der Waals surface area contributed by atoms with Gasteiger partial charge in [0, 0.05) is 0 Å². The minimum absolute atomic E-state index is 0.0529. The minimum Gasteiger partial charge on any atom is -0.491 e. The molecule has 0 saturated carbocycles. The fourth-order valence-corrected chi connectivity index (χ4v) is 3.46. The molecule has 3 rings (SSSR count). The molecule has 0 aromatic heterocycles. The number of carboxylic acids is 1. The van der Waals surface area contributed by atoms with Gasteiger partial charge in [0.25, 0.3) is 5.91 Å². The van der Waals surface area contributed by atoms with Crippen LogP contribution in [0.5, 0.6) is 5.75 Å². The van der Waals surface area contributed by atoms with Crippen LogP contribution >= 0.6 is 0 Å². The van der Waals surface area contributed by atoms with Crippen molar-refractivity contribution in [2.45, 2.75) is 44.3 Å². The second kappa shape index (κ2) is 10.2. The van der Waals surface area contributed by atoms with Crippen molar-refractivity contribution in [2.24, 2.45) is 0 Å². The van der Waals surface area contributed by atoms with E-state index >= 15 is 0 Å². The summed E-state index contributed by atoms with van der Waals surface area (Å²) < 4.78 is 5.91. The Balaban J connectivity index is 1.94. The molecule has 0 aliphatic carbocycles. The molecule has 0 unspecified atom stereocenters. The first-order valence-corrected chi connectivity index (χ1v) is 10.6. The molecule has 0 saturated heterocycles. The van der Waals surface area contributed by atoms with Gasteiger partial charge in [-0.1, -0.05) is 42.5 Å². The van der Waals surface area contributed by atoms with Crippen LogP contribution in [0.3, 0.4) is 0 Å². The van der Waals surface area contributed by atoms with Crippen molar-refractivity contribution in [2.75, 3.05) is 6.61 Å². The molecule has 9 heteroatoms. The fraction of sp³-hybridized carbons (Fsp3) is 0.333. The average Bonchev–Trinajstić information content (AvgIpc) is 2.76. The van der Waals surface area contributed by atoms with Gasteiger partial charge < -0.3 is 25.8 Å². The quantitative estimate of drug-likeness (QED) is 0.553. The van der Waals surface area contributed by atoms with E-state index in [1.165, 1.54) is 19.9 Å². The Labute approximate surface area is 191 Å². The van der Waals surface area contributed by atoms with Gasteiger partial charge in [-0.25, -0.2) is 4.79 Å². The van der Waals surface area contributed by atoms with Crippen LogP contribution in [-0.4, -0.2) is 53.0 Å². The maximum Gasteiger partial charge on any atom is 0.326 e. The monoisotopic (exact) mass is 453 g/mol. The summed E-state index contributed by atoms with van der Waals surface area (Å²) in [6.07, 6.45) is -0.0691. The molecule has 3 amide bonds. The lowest BCUT2D eigenvalue weighted by molar-refractivity contribution is -0.141. The van der Waals surface area contributed by atoms with E-state index < -0.39 is 47.7 Å². The van der Waals surface area contributed by atoms with Crippen molar-refractivity contribution in [1.29, 1.82) is 0 Å². The SMILES string of the molecule is CC1(C)NC(=O)C[C@@H](C(=O)O)NC(=O)c2ccccc2OC[C@@H](Cc2ccccc2)NC1=O. The Morgan fingerprint density at radius 2 is 1.70 bits per heavy atom. The summed E-state index contributed by atoms with van der Waals surface area (Å²) in [5, 5.41) is 17.3. The number of carbonyl (C=O) groups excluding carboxylic acids is 3. The molecule has 9 nitrogen and oxygen atoms in total. The van der Waals surface area contributed by atoms with Gasteiger partial charge in [0.2, 0.25) is 11.8 Å². The van der Waals surface area contributed by atoms with Gasteiger partial charge in [-0.3, -0.25) is 14.4 Å². The number of para-hydroxylation sites is 1. The number of hydrogen-bond acceptors (Lipinski definition) is 5. The molecule has 2 aromatic rings. The Hall–Kier alpha value is -3.88. The summed E-state index contributed by atoms with van der Waals surface area (Å²) in [4.78, 5) is 49.9. The Morgan fingerprint density at radius 3 is 2.39 bits per heavy atom. The number of nitrogens with one attached hydrogen (secondary N) is 3. The van der Waals surface area contributed by atoms with Crippen molar-refractivity contribution < 1.29 is 29.0 Å². The molecule has 4 N–H and O–H groups in total. The first-order valence-electron chi connectivity index (χ1n) is 10.6. The van der Waals surface area contributed by atoms with E-state index in [0.29, 0.717) is 6.42 Å². The molecule has 2 atom stereocenters. The lowest BCUT2D eigenvalue weighted by Gasteiger charge is -2.29. The highest BCUT2D eigenvalue weighted by atomic mass is 16.5. The van der Waals surface area contributed by atoms with E-state index in [2.05, 4.69) is 16.0 Å². The zero-order valence-corrected chi connectivity index (χ0v) is 18.5. The molecule has 1 aliphatic rings. The van der Waals surface area contributed by atoms with Crippen LogP contribution in [-0.2, 0) is 20.8 Å².